The number of esters is 2. The van der Waals surface area contributed by atoms with Crippen molar-refractivity contribution in [1.29, 1.82) is 0 Å². The van der Waals surface area contributed by atoms with Crippen LogP contribution in [0.25, 0.3) is 0 Å². The zero-order valence-electron chi connectivity index (χ0n) is 20.8. The molecule has 1 unspecified atom stereocenters. The van der Waals surface area contributed by atoms with Crippen LogP contribution in [0.1, 0.15) is 40.0 Å². The molecule has 0 amide bonds. The summed E-state index contributed by atoms with van der Waals surface area (Å²) < 4.78 is 30.8. The van der Waals surface area contributed by atoms with E-state index >= 15 is 0 Å². The number of ether oxygens (including phenoxy) is 4. The molecule has 2 heterocycles. The molecule has 35 heavy (non-hydrogen) atoms. The smallest absolute Gasteiger partial charge is 0.314 e. The van der Waals surface area contributed by atoms with Gasteiger partial charge in [-0.05, 0) is 27.2 Å². The monoisotopic (exact) mass is 511 g/mol. The molecular formula is C23H37N5O6S. The molecule has 11 nitrogen and oxygen atoms in total. The molecule has 2 atom stereocenters. The molecule has 2 rings (SSSR count). The average Bonchev–Trinajstić information content (AvgIpc) is 3.30. The van der Waals surface area contributed by atoms with Crippen LogP contribution < -0.4 is 20.7 Å². The first-order valence-electron chi connectivity index (χ1n) is 11.8. The normalized spacial score (nSPS) is 15.7. The van der Waals surface area contributed by atoms with E-state index in [2.05, 4.69) is 24.9 Å². The third-order valence-electron chi connectivity index (χ3n) is 5.07. The number of anilines is 1. The van der Waals surface area contributed by atoms with E-state index in [-0.39, 0.29) is 31.7 Å². The molecule has 1 aromatic rings. The number of unbranched alkanes of at least 4 members (excludes halogenated alkanes) is 1. The first kappa shape index (κ1) is 28.8. The lowest BCUT2D eigenvalue weighted by atomic mass is 10.1. The Labute approximate surface area is 211 Å². The Balaban J connectivity index is 1.95. The van der Waals surface area contributed by atoms with Crippen molar-refractivity contribution in [3.05, 3.63) is 0 Å². The predicted octanol–water partition coefficient (Wildman–Crippen LogP) is 0.975. The molecule has 3 N–H and O–H groups in total. The SMILES string of the molecule is C#CCCCC(=O)OCC(CN)C(=O)O[C@@H](CNC(C)(C)C)COc1nsnc1N1CCOCC1. The van der Waals surface area contributed by atoms with E-state index in [1.54, 1.807) is 0 Å². The van der Waals surface area contributed by atoms with Gasteiger partial charge in [0, 0.05) is 44.6 Å². The van der Waals surface area contributed by atoms with Gasteiger partial charge in [0.2, 0.25) is 5.82 Å². The van der Waals surface area contributed by atoms with Crippen LogP contribution in [0, 0.1) is 18.3 Å². The molecular weight excluding hydrogens is 474 g/mol. The lowest BCUT2D eigenvalue weighted by molar-refractivity contribution is -0.159. The highest BCUT2D eigenvalue weighted by atomic mass is 32.1. The molecule has 0 spiro atoms. The molecule has 1 aliphatic rings. The quantitative estimate of drug-likeness (QED) is 0.210. The van der Waals surface area contributed by atoms with Crippen LogP contribution in [0.3, 0.4) is 0 Å². The zero-order chi connectivity index (χ0) is 25.7. The van der Waals surface area contributed by atoms with Crippen molar-refractivity contribution in [2.45, 2.75) is 51.7 Å². The number of morpholine rings is 1. The third kappa shape index (κ3) is 10.8. The summed E-state index contributed by atoms with van der Waals surface area (Å²) in [4.78, 5) is 26.7. The van der Waals surface area contributed by atoms with Crippen molar-refractivity contribution in [1.82, 2.24) is 14.1 Å². The number of carbonyl (C=O) groups is 2. The van der Waals surface area contributed by atoms with Gasteiger partial charge in [-0.25, -0.2) is 0 Å². The molecule has 0 aromatic carbocycles. The summed E-state index contributed by atoms with van der Waals surface area (Å²) in [7, 11) is 0. The Morgan fingerprint density at radius 3 is 2.69 bits per heavy atom. The maximum absolute atomic E-state index is 12.8. The average molecular weight is 512 g/mol. The molecule has 0 bridgehead atoms. The Hall–Kier alpha value is -2.46. The molecule has 1 aromatic heterocycles. The third-order valence-corrected chi connectivity index (χ3v) is 5.57. The summed E-state index contributed by atoms with van der Waals surface area (Å²) in [5.41, 5.74) is 5.55. The van der Waals surface area contributed by atoms with E-state index in [0.717, 1.165) is 11.7 Å². The predicted molar refractivity (Wildman–Crippen MR) is 132 cm³/mol. The standard InChI is InChI=1S/C23H37N5O6S/c1-5-6-7-8-19(29)32-15-17(13-24)22(30)34-18(14-25-23(2,3)4)16-33-21-20(26-35-27-21)28-9-11-31-12-10-28/h1,17-18,25H,6-16,24H2,2-4H3/t17?,18-/m0/s1. The summed E-state index contributed by atoms with van der Waals surface area (Å²) in [5, 5.41) is 3.32. The molecule has 196 valence electrons. The Bertz CT molecular complexity index is 831. The molecule has 1 aliphatic heterocycles. The van der Waals surface area contributed by atoms with Gasteiger partial charge in [0.05, 0.1) is 24.9 Å². The summed E-state index contributed by atoms with van der Waals surface area (Å²) in [6.45, 7) is 8.90. The minimum Gasteiger partial charge on any atom is -0.470 e. The number of hydrogen-bond donors (Lipinski definition) is 2. The molecule has 0 aliphatic carbocycles. The molecule has 1 fully saturated rings. The van der Waals surface area contributed by atoms with Crippen molar-refractivity contribution >= 4 is 29.5 Å². The number of nitrogens with two attached hydrogens (primary N) is 1. The van der Waals surface area contributed by atoms with E-state index in [1.165, 1.54) is 0 Å². The van der Waals surface area contributed by atoms with Crippen LogP contribution in [-0.4, -0.2) is 84.9 Å². The number of terminal acetylenes is 1. The van der Waals surface area contributed by atoms with Crippen LogP contribution >= 0.6 is 11.7 Å². The highest BCUT2D eigenvalue weighted by Gasteiger charge is 2.27. The van der Waals surface area contributed by atoms with Gasteiger partial charge in [0.1, 0.15) is 25.2 Å². The van der Waals surface area contributed by atoms with Gasteiger partial charge in [0.25, 0.3) is 5.88 Å². The number of carbonyl (C=O) groups excluding carboxylic acids is 2. The van der Waals surface area contributed by atoms with Crippen molar-refractivity contribution in [3.63, 3.8) is 0 Å². The highest BCUT2D eigenvalue weighted by Crippen LogP contribution is 2.26. The van der Waals surface area contributed by atoms with Gasteiger partial charge in [-0.2, -0.15) is 4.37 Å². The van der Waals surface area contributed by atoms with Crippen molar-refractivity contribution in [3.8, 4) is 18.2 Å². The first-order chi connectivity index (χ1) is 16.7. The minimum atomic E-state index is -0.784. The number of rotatable bonds is 14. The van der Waals surface area contributed by atoms with E-state index in [1.807, 2.05) is 20.8 Å². The fourth-order valence-electron chi connectivity index (χ4n) is 3.05. The summed E-state index contributed by atoms with van der Waals surface area (Å²) >= 11 is 1.06. The van der Waals surface area contributed by atoms with Gasteiger partial charge >= 0.3 is 11.9 Å². The van der Waals surface area contributed by atoms with Gasteiger partial charge in [0.15, 0.2) is 0 Å². The first-order valence-corrected chi connectivity index (χ1v) is 12.5. The number of nitrogens with zero attached hydrogens (tertiary/aromatic N) is 3. The molecule has 12 heteroatoms. The summed E-state index contributed by atoms with van der Waals surface area (Å²) in [5.74, 6) is 1.75. The van der Waals surface area contributed by atoms with Gasteiger partial charge in [-0.3, -0.25) is 9.59 Å². The van der Waals surface area contributed by atoms with E-state index < -0.39 is 24.0 Å². The van der Waals surface area contributed by atoms with Crippen LogP contribution in [0.2, 0.25) is 0 Å². The number of nitrogens with one attached hydrogen (secondary N) is 1. The summed E-state index contributed by atoms with van der Waals surface area (Å²) in [6, 6.07) is 0. The second-order valence-electron chi connectivity index (χ2n) is 9.17. The topological polar surface area (TPSA) is 138 Å². The van der Waals surface area contributed by atoms with Crippen molar-refractivity contribution < 1.29 is 28.5 Å². The van der Waals surface area contributed by atoms with Gasteiger partial charge in [-0.15, -0.1) is 16.7 Å². The molecule has 1 saturated heterocycles. The van der Waals surface area contributed by atoms with Crippen molar-refractivity contribution in [2.24, 2.45) is 11.7 Å². The fraction of sp³-hybridized carbons (Fsp3) is 0.739. The van der Waals surface area contributed by atoms with Crippen molar-refractivity contribution in [2.75, 3.05) is 57.5 Å². The second kappa shape index (κ2) is 14.8. The van der Waals surface area contributed by atoms with Crippen LogP contribution in [0.15, 0.2) is 0 Å². The Kier molecular flexibility index (Phi) is 12.2. The van der Waals surface area contributed by atoms with Crippen LogP contribution in [0.5, 0.6) is 5.88 Å². The van der Waals surface area contributed by atoms with E-state index in [0.29, 0.717) is 57.4 Å². The lowest BCUT2D eigenvalue weighted by Gasteiger charge is -2.28. The van der Waals surface area contributed by atoms with Crippen LogP contribution in [-0.2, 0) is 23.8 Å². The number of hydrogen-bond acceptors (Lipinski definition) is 12. The Morgan fingerprint density at radius 2 is 2.03 bits per heavy atom. The molecule has 0 saturated carbocycles. The largest absolute Gasteiger partial charge is 0.470 e. The van der Waals surface area contributed by atoms with Gasteiger partial charge < -0.3 is 34.9 Å². The van der Waals surface area contributed by atoms with E-state index in [9.17, 15) is 9.59 Å². The van der Waals surface area contributed by atoms with E-state index in [4.69, 9.17) is 31.1 Å². The highest BCUT2D eigenvalue weighted by molar-refractivity contribution is 6.99. The summed E-state index contributed by atoms with van der Waals surface area (Å²) in [6.07, 6.45) is 5.77. The second-order valence-corrected chi connectivity index (χ2v) is 9.69. The minimum absolute atomic E-state index is 0.0199. The maximum atomic E-state index is 12.8. The maximum Gasteiger partial charge on any atom is 0.314 e. The fourth-order valence-corrected chi connectivity index (χ4v) is 3.58. The van der Waals surface area contributed by atoms with Crippen LogP contribution in [0.4, 0.5) is 5.82 Å². The molecule has 0 radical (unpaired) electrons. The number of aromatic nitrogens is 2. The van der Waals surface area contributed by atoms with Gasteiger partial charge in [-0.1, -0.05) is 0 Å². The zero-order valence-corrected chi connectivity index (χ0v) is 21.6. The lowest BCUT2D eigenvalue weighted by Crippen LogP contribution is -2.45. The Morgan fingerprint density at radius 1 is 1.29 bits per heavy atom.